The standard InChI is InChI=1S/C11H19NO2/c1-8(2)10-6-11(14)12(7-10)5-4-9(3)13/h8,10H,4-7H2,1-3H3. The van der Waals surface area contributed by atoms with Gasteiger partial charge in [-0.1, -0.05) is 13.8 Å². The van der Waals surface area contributed by atoms with Crippen LogP contribution in [0, 0.1) is 11.8 Å². The van der Waals surface area contributed by atoms with Crippen LogP contribution in [0.2, 0.25) is 0 Å². The first kappa shape index (κ1) is 11.2. The van der Waals surface area contributed by atoms with Gasteiger partial charge in [0.05, 0.1) is 0 Å². The number of hydrogen-bond donors (Lipinski definition) is 0. The third kappa shape index (κ3) is 2.82. The minimum absolute atomic E-state index is 0.158. The maximum Gasteiger partial charge on any atom is 0.222 e. The third-order valence-corrected chi connectivity index (χ3v) is 2.92. The van der Waals surface area contributed by atoms with E-state index in [2.05, 4.69) is 13.8 Å². The highest BCUT2D eigenvalue weighted by Crippen LogP contribution is 2.24. The highest BCUT2D eigenvalue weighted by atomic mass is 16.2. The Morgan fingerprint density at radius 1 is 1.57 bits per heavy atom. The van der Waals surface area contributed by atoms with E-state index >= 15 is 0 Å². The lowest BCUT2D eigenvalue weighted by molar-refractivity contribution is -0.128. The van der Waals surface area contributed by atoms with Crippen LogP contribution in [-0.2, 0) is 9.59 Å². The Bertz CT molecular complexity index is 235. The van der Waals surface area contributed by atoms with Crippen LogP contribution in [0.3, 0.4) is 0 Å². The Morgan fingerprint density at radius 2 is 2.21 bits per heavy atom. The number of ketones is 1. The molecule has 1 atom stereocenters. The summed E-state index contributed by atoms with van der Waals surface area (Å²) in [6.45, 7) is 7.31. The number of likely N-dealkylation sites (tertiary alicyclic amines) is 1. The van der Waals surface area contributed by atoms with E-state index in [0.29, 0.717) is 31.2 Å². The molecule has 0 saturated carbocycles. The van der Waals surface area contributed by atoms with E-state index in [1.54, 1.807) is 6.92 Å². The summed E-state index contributed by atoms with van der Waals surface area (Å²) in [6, 6.07) is 0. The van der Waals surface area contributed by atoms with Gasteiger partial charge >= 0.3 is 0 Å². The summed E-state index contributed by atoms with van der Waals surface area (Å²) in [6.07, 6.45) is 1.16. The first-order chi connectivity index (χ1) is 6.50. The molecule has 1 unspecified atom stereocenters. The lowest BCUT2D eigenvalue weighted by Gasteiger charge is -2.17. The molecule has 0 bridgehead atoms. The minimum atomic E-state index is 0.158. The molecule has 3 nitrogen and oxygen atoms in total. The highest BCUT2D eigenvalue weighted by Gasteiger charge is 2.30. The molecule has 0 spiro atoms. The summed E-state index contributed by atoms with van der Waals surface area (Å²) in [5.41, 5.74) is 0. The van der Waals surface area contributed by atoms with Crippen LogP contribution in [-0.4, -0.2) is 29.7 Å². The van der Waals surface area contributed by atoms with Crippen LogP contribution in [0.15, 0.2) is 0 Å². The molecule has 1 rings (SSSR count). The number of carbonyl (C=O) groups excluding carboxylic acids is 2. The van der Waals surface area contributed by atoms with Crippen LogP contribution in [0.1, 0.15) is 33.6 Å². The Hall–Kier alpha value is -0.860. The molecule has 1 saturated heterocycles. The maximum absolute atomic E-state index is 11.5. The van der Waals surface area contributed by atoms with Gasteiger partial charge in [0, 0.05) is 25.9 Å². The average Bonchev–Trinajstić information content (AvgIpc) is 2.43. The van der Waals surface area contributed by atoms with E-state index in [-0.39, 0.29) is 11.7 Å². The zero-order chi connectivity index (χ0) is 10.7. The summed E-state index contributed by atoms with van der Waals surface area (Å²) >= 11 is 0. The Labute approximate surface area is 85.5 Å². The van der Waals surface area contributed by atoms with Gasteiger partial charge in [-0.2, -0.15) is 0 Å². The van der Waals surface area contributed by atoms with E-state index in [0.717, 1.165) is 6.54 Å². The molecule has 0 aromatic heterocycles. The van der Waals surface area contributed by atoms with Gasteiger partial charge in [-0.15, -0.1) is 0 Å². The SMILES string of the molecule is CC(=O)CCN1CC(C(C)C)CC1=O. The smallest absolute Gasteiger partial charge is 0.222 e. The fourth-order valence-corrected chi connectivity index (χ4v) is 1.76. The molecule has 1 amide bonds. The quantitative estimate of drug-likeness (QED) is 0.684. The van der Waals surface area contributed by atoms with Gasteiger partial charge in [0.1, 0.15) is 5.78 Å². The van der Waals surface area contributed by atoms with Crippen LogP contribution >= 0.6 is 0 Å². The van der Waals surface area contributed by atoms with Crippen molar-refractivity contribution in [3.63, 3.8) is 0 Å². The number of hydrogen-bond acceptors (Lipinski definition) is 2. The second kappa shape index (κ2) is 4.58. The molecular formula is C11H19NO2. The van der Waals surface area contributed by atoms with E-state index in [4.69, 9.17) is 0 Å². The predicted octanol–water partition coefficient (Wildman–Crippen LogP) is 1.47. The van der Waals surface area contributed by atoms with Crippen molar-refractivity contribution in [3.8, 4) is 0 Å². The molecule has 0 aromatic carbocycles. The summed E-state index contributed by atoms with van der Waals surface area (Å²) in [7, 11) is 0. The van der Waals surface area contributed by atoms with Gasteiger partial charge in [0.2, 0.25) is 5.91 Å². The van der Waals surface area contributed by atoms with Gasteiger partial charge in [-0.25, -0.2) is 0 Å². The first-order valence-corrected chi connectivity index (χ1v) is 5.28. The van der Waals surface area contributed by atoms with Crippen LogP contribution in [0.5, 0.6) is 0 Å². The van der Waals surface area contributed by atoms with Crippen molar-refractivity contribution in [2.75, 3.05) is 13.1 Å². The summed E-state index contributed by atoms with van der Waals surface area (Å²) in [5, 5.41) is 0. The lowest BCUT2D eigenvalue weighted by atomic mass is 9.95. The molecular weight excluding hydrogens is 178 g/mol. The van der Waals surface area contributed by atoms with E-state index in [1.165, 1.54) is 0 Å². The zero-order valence-corrected chi connectivity index (χ0v) is 9.25. The van der Waals surface area contributed by atoms with Gasteiger partial charge in [0.25, 0.3) is 0 Å². The first-order valence-electron chi connectivity index (χ1n) is 5.28. The highest BCUT2D eigenvalue weighted by molar-refractivity contribution is 5.80. The van der Waals surface area contributed by atoms with Crippen molar-refractivity contribution in [1.82, 2.24) is 4.90 Å². The fraction of sp³-hybridized carbons (Fsp3) is 0.818. The van der Waals surface area contributed by atoms with Crippen molar-refractivity contribution in [3.05, 3.63) is 0 Å². The number of Topliss-reactive ketones (excluding diaryl/α,β-unsaturated/α-hetero) is 1. The van der Waals surface area contributed by atoms with Crippen LogP contribution < -0.4 is 0 Å². The number of rotatable bonds is 4. The fourth-order valence-electron chi connectivity index (χ4n) is 1.76. The van der Waals surface area contributed by atoms with Gasteiger partial charge in [-0.05, 0) is 18.8 Å². The third-order valence-electron chi connectivity index (χ3n) is 2.92. The lowest BCUT2D eigenvalue weighted by Crippen LogP contribution is -2.27. The van der Waals surface area contributed by atoms with Gasteiger partial charge in [0.15, 0.2) is 0 Å². The minimum Gasteiger partial charge on any atom is -0.342 e. The van der Waals surface area contributed by atoms with Crippen LogP contribution in [0.4, 0.5) is 0 Å². The molecule has 1 aliphatic rings. The normalized spacial score (nSPS) is 22.1. The molecule has 3 heteroatoms. The Balaban J connectivity index is 2.41. The van der Waals surface area contributed by atoms with E-state index in [9.17, 15) is 9.59 Å². The van der Waals surface area contributed by atoms with Crippen molar-refractivity contribution < 1.29 is 9.59 Å². The Morgan fingerprint density at radius 3 is 2.64 bits per heavy atom. The molecule has 14 heavy (non-hydrogen) atoms. The average molecular weight is 197 g/mol. The molecule has 0 N–H and O–H groups in total. The van der Waals surface area contributed by atoms with Gasteiger partial charge in [-0.3, -0.25) is 9.59 Å². The molecule has 1 aliphatic heterocycles. The summed E-state index contributed by atoms with van der Waals surface area (Å²) in [4.78, 5) is 24.1. The van der Waals surface area contributed by atoms with Crippen molar-refractivity contribution in [1.29, 1.82) is 0 Å². The number of nitrogens with zero attached hydrogens (tertiary/aromatic N) is 1. The molecule has 0 aromatic rings. The monoisotopic (exact) mass is 197 g/mol. The van der Waals surface area contributed by atoms with Crippen molar-refractivity contribution >= 4 is 11.7 Å². The number of amides is 1. The molecule has 1 heterocycles. The van der Waals surface area contributed by atoms with Crippen molar-refractivity contribution in [2.45, 2.75) is 33.6 Å². The second-order valence-corrected chi connectivity index (χ2v) is 4.50. The Kier molecular flexibility index (Phi) is 3.67. The van der Waals surface area contributed by atoms with Crippen LogP contribution in [0.25, 0.3) is 0 Å². The molecule has 0 radical (unpaired) electrons. The zero-order valence-electron chi connectivity index (χ0n) is 9.25. The second-order valence-electron chi connectivity index (χ2n) is 4.50. The van der Waals surface area contributed by atoms with Gasteiger partial charge < -0.3 is 4.90 Å². The maximum atomic E-state index is 11.5. The largest absolute Gasteiger partial charge is 0.342 e. The molecule has 80 valence electrons. The van der Waals surface area contributed by atoms with E-state index < -0.39 is 0 Å². The predicted molar refractivity (Wildman–Crippen MR) is 54.8 cm³/mol. The summed E-state index contributed by atoms with van der Waals surface area (Å²) in [5.74, 6) is 1.41. The topological polar surface area (TPSA) is 37.4 Å². The molecule has 1 fully saturated rings. The number of carbonyl (C=O) groups is 2. The van der Waals surface area contributed by atoms with Crippen molar-refractivity contribution in [2.24, 2.45) is 11.8 Å². The molecule has 0 aliphatic carbocycles. The van der Waals surface area contributed by atoms with E-state index in [1.807, 2.05) is 4.90 Å². The summed E-state index contributed by atoms with van der Waals surface area (Å²) < 4.78 is 0.